The first-order valence-electron chi connectivity index (χ1n) is 7.94. The van der Waals surface area contributed by atoms with E-state index in [9.17, 15) is 0 Å². The second kappa shape index (κ2) is 6.73. The molecule has 1 fully saturated rings. The van der Waals surface area contributed by atoms with Crippen molar-refractivity contribution < 1.29 is 4.74 Å². The summed E-state index contributed by atoms with van der Waals surface area (Å²) in [5.74, 6) is 1.06. The van der Waals surface area contributed by atoms with Crippen LogP contribution in [-0.2, 0) is 19.5 Å². The third-order valence-electron chi connectivity index (χ3n) is 4.51. The van der Waals surface area contributed by atoms with Crippen molar-refractivity contribution >= 4 is 23.1 Å². The molecule has 1 aromatic carbocycles. The Morgan fingerprint density at radius 1 is 1.13 bits per heavy atom. The summed E-state index contributed by atoms with van der Waals surface area (Å²) in [5, 5.41) is 4.10. The number of piperazine rings is 1. The van der Waals surface area contributed by atoms with Crippen molar-refractivity contribution in [2.45, 2.75) is 19.5 Å². The van der Waals surface area contributed by atoms with Crippen LogP contribution in [0.15, 0.2) is 18.2 Å². The van der Waals surface area contributed by atoms with Gasteiger partial charge in [0.2, 0.25) is 0 Å². The Morgan fingerprint density at radius 3 is 2.65 bits per heavy atom. The van der Waals surface area contributed by atoms with Gasteiger partial charge >= 0.3 is 0 Å². The Balaban J connectivity index is 1.30. The number of fused-ring (bicyclic) bond motifs is 1. The van der Waals surface area contributed by atoms with Crippen molar-refractivity contribution in [2.75, 3.05) is 32.8 Å². The smallest absolute Gasteiger partial charge is 0.138 e. The summed E-state index contributed by atoms with van der Waals surface area (Å²) < 4.78 is 10.2. The van der Waals surface area contributed by atoms with E-state index in [-0.39, 0.29) is 0 Å². The molecule has 0 unspecified atom stereocenters. The van der Waals surface area contributed by atoms with Gasteiger partial charge in [0.15, 0.2) is 0 Å². The topological polar surface area (TPSA) is 41.5 Å². The van der Waals surface area contributed by atoms with Crippen LogP contribution in [-0.4, -0.2) is 52.2 Å². The molecule has 0 spiro atoms. The molecule has 4 rings (SSSR count). The number of rotatable bonds is 4. The van der Waals surface area contributed by atoms with Crippen LogP contribution in [0, 0.1) is 0 Å². The summed E-state index contributed by atoms with van der Waals surface area (Å²) in [6, 6.07) is 6.61. The van der Waals surface area contributed by atoms with Gasteiger partial charge in [-0.2, -0.15) is 0 Å². The van der Waals surface area contributed by atoms with E-state index in [0.717, 1.165) is 63.7 Å². The monoisotopic (exact) mass is 350 g/mol. The summed E-state index contributed by atoms with van der Waals surface area (Å²) in [4.78, 5) is 4.91. The van der Waals surface area contributed by atoms with Crippen LogP contribution < -0.4 is 4.74 Å². The van der Waals surface area contributed by atoms with Gasteiger partial charge in [-0.1, -0.05) is 28.2 Å². The Kier molecular flexibility index (Phi) is 4.48. The van der Waals surface area contributed by atoms with E-state index in [1.807, 2.05) is 0 Å². The van der Waals surface area contributed by atoms with Gasteiger partial charge in [0.25, 0.3) is 0 Å². The van der Waals surface area contributed by atoms with Gasteiger partial charge in [0.05, 0.1) is 6.61 Å². The summed E-state index contributed by atoms with van der Waals surface area (Å²) in [5.41, 5.74) is 3.64. The molecule has 23 heavy (non-hydrogen) atoms. The Labute approximate surface area is 145 Å². The zero-order chi connectivity index (χ0) is 15.6. The highest BCUT2D eigenvalue weighted by atomic mass is 35.5. The predicted molar refractivity (Wildman–Crippen MR) is 91.1 cm³/mol. The molecule has 0 amide bonds. The van der Waals surface area contributed by atoms with E-state index in [1.165, 1.54) is 22.7 Å². The van der Waals surface area contributed by atoms with Crippen molar-refractivity contribution in [3.63, 3.8) is 0 Å². The first kappa shape index (κ1) is 15.3. The summed E-state index contributed by atoms with van der Waals surface area (Å²) in [6.45, 7) is 6.88. The highest BCUT2D eigenvalue weighted by molar-refractivity contribution is 7.10. The number of ether oxygens (including phenoxy) is 1. The fraction of sp³-hybridized carbons (Fsp3) is 0.500. The molecule has 0 saturated carbocycles. The highest BCUT2D eigenvalue weighted by Crippen LogP contribution is 2.26. The molecule has 122 valence electrons. The van der Waals surface area contributed by atoms with Crippen molar-refractivity contribution in [3.8, 4) is 5.75 Å². The molecule has 5 nitrogen and oxygen atoms in total. The minimum absolute atomic E-state index is 0.716. The summed E-state index contributed by atoms with van der Waals surface area (Å²) in [7, 11) is 0. The lowest BCUT2D eigenvalue weighted by Crippen LogP contribution is -2.45. The van der Waals surface area contributed by atoms with Crippen molar-refractivity contribution in [1.82, 2.24) is 19.4 Å². The molecule has 0 bridgehead atoms. The second-order valence-corrected chi connectivity index (χ2v) is 7.44. The third kappa shape index (κ3) is 3.50. The minimum atomic E-state index is 0.716. The number of nitrogens with zero attached hydrogens (tertiary/aromatic N) is 4. The van der Waals surface area contributed by atoms with E-state index in [1.54, 1.807) is 0 Å². The molecule has 2 aliphatic rings. The van der Waals surface area contributed by atoms with E-state index >= 15 is 0 Å². The molecule has 0 radical (unpaired) electrons. The Hall–Kier alpha value is -1.21. The molecule has 1 aromatic heterocycles. The van der Waals surface area contributed by atoms with Crippen LogP contribution in [0.5, 0.6) is 5.75 Å². The van der Waals surface area contributed by atoms with Crippen LogP contribution in [0.3, 0.4) is 0 Å². The van der Waals surface area contributed by atoms with E-state index in [4.69, 9.17) is 16.3 Å². The van der Waals surface area contributed by atoms with Gasteiger partial charge in [0.1, 0.15) is 15.8 Å². The lowest BCUT2D eigenvalue weighted by molar-refractivity contribution is 0.121. The molecule has 0 atom stereocenters. The molecule has 1 saturated heterocycles. The average Bonchev–Trinajstić information content (AvgIpc) is 3.18. The van der Waals surface area contributed by atoms with E-state index in [0.29, 0.717) is 4.34 Å². The van der Waals surface area contributed by atoms with Crippen LogP contribution in [0.4, 0.5) is 0 Å². The van der Waals surface area contributed by atoms with Gasteiger partial charge in [-0.05, 0) is 17.2 Å². The lowest BCUT2D eigenvalue weighted by atomic mass is 10.1. The standard InChI is InChI=1S/C16H19ClN4OS/c17-16-14(18-19-23-16)11-21-6-4-20(5-7-21)10-12-1-2-15-13(9-12)3-8-22-15/h1-2,9H,3-8,10-11H2. The van der Waals surface area contributed by atoms with Crippen molar-refractivity contribution in [2.24, 2.45) is 0 Å². The van der Waals surface area contributed by atoms with Gasteiger partial charge in [-0.25, -0.2) is 0 Å². The molecular formula is C16H19ClN4OS. The van der Waals surface area contributed by atoms with Gasteiger partial charge < -0.3 is 4.74 Å². The zero-order valence-corrected chi connectivity index (χ0v) is 14.4. The third-order valence-corrected chi connectivity index (χ3v) is 5.49. The average molecular weight is 351 g/mol. The molecule has 7 heteroatoms. The molecule has 0 aliphatic carbocycles. The maximum absolute atomic E-state index is 6.09. The summed E-state index contributed by atoms with van der Waals surface area (Å²) >= 11 is 7.35. The van der Waals surface area contributed by atoms with Gasteiger partial charge in [-0.3, -0.25) is 9.80 Å². The predicted octanol–water partition coefficient (Wildman–Crippen LogP) is 2.44. The van der Waals surface area contributed by atoms with Gasteiger partial charge in [0, 0.05) is 57.2 Å². The number of halogens is 1. The Morgan fingerprint density at radius 2 is 1.91 bits per heavy atom. The van der Waals surface area contributed by atoms with Crippen LogP contribution >= 0.6 is 23.1 Å². The number of hydrogen-bond donors (Lipinski definition) is 0. The number of hydrogen-bond acceptors (Lipinski definition) is 6. The molecule has 0 N–H and O–H groups in total. The van der Waals surface area contributed by atoms with E-state index < -0.39 is 0 Å². The number of aromatic nitrogens is 2. The maximum atomic E-state index is 6.09. The fourth-order valence-corrected chi connectivity index (χ4v) is 3.82. The first-order valence-corrected chi connectivity index (χ1v) is 9.09. The SMILES string of the molecule is Clc1snnc1CN1CCN(Cc2ccc3c(c2)CCO3)CC1. The van der Waals surface area contributed by atoms with Crippen molar-refractivity contribution in [3.05, 3.63) is 39.4 Å². The first-order chi connectivity index (χ1) is 11.3. The molecule has 2 aromatic rings. The van der Waals surface area contributed by atoms with Gasteiger partial charge in [-0.15, -0.1) is 5.10 Å². The van der Waals surface area contributed by atoms with Crippen LogP contribution in [0.1, 0.15) is 16.8 Å². The van der Waals surface area contributed by atoms with E-state index in [2.05, 4.69) is 37.6 Å². The molecular weight excluding hydrogens is 332 g/mol. The largest absolute Gasteiger partial charge is 0.493 e. The molecule has 3 heterocycles. The maximum Gasteiger partial charge on any atom is 0.138 e. The quantitative estimate of drug-likeness (QED) is 0.847. The molecule has 2 aliphatic heterocycles. The summed E-state index contributed by atoms with van der Waals surface area (Å²) in [6.07, 6.45) is 1.04. The lowest BCUT2D eigenvalue weighted by Gasteiger charge is -2.34. The second-order valence-electron chi connectivity index (χ2n) is 6.09. The van der Waals surface area contributed by atoms with Crippen molar-refractivity contribution in [1.29, 1.82) is 0 Å². The minimum Gasteiger partial charge on any atom is -0.493 e. The van der Waals surface area contributed by atoms with Crippen LogP contribution in [0.25, 0.3) is 0 Å². The zero-order valence-electron chi connectivity index (χ0n) is 12.9. The Bertz CT molecular complexity index is 684. The highest BCUT2D eigenvalue weighted by Gasteiger charge is 2.20. The normalized spacial score (nSPS) is 18.8. The van der Waals surface area contributed by atoms with Crippen LogP contribution in [0.2, 0.25) is 4.34 Å². The number of benzene rings is 1. The fourth-order valence-electron chi connectivity index (χ4n) is 3.21.